The summed E-state index contributed by atoms with van der Waals surface area (Å²) in [5.74, 6) is 0.296. The minimum Gasteiger partial charge on any atom is -0.507 e. The van der Waals surface area contributed by atoms with Crippen molar-refractivity contribution < 1.29 is 19.7 Å². The second kappa shape index (κ2) is 13.5. The summed E-state index contributed by atoms with van der Waals surface area (Å²) in [7, 11) is 0. The van der Waals surface area contributed by atoms with Gasteiger partial charge < -0.3 is 20.7 Å². The fourth-order valence-electron chi connectivity index (χ4n) is 5.06. The van der Waals surface area contributed by atoms with E-state index in [0.29, 0.717) is 17.9 Å². The number of phenols is 2. The van der Waals surface area contributed by atoms with Crippen LogP contribution in [0.4, 0.5) is 0 Å². The van der Waals surface area contributed by atoms with Crippen molar-refractivity contribution in [2.24, 2.45) is 11.7 Å². The summed E-state index contributed by atoms with van der Waals surface area (Å²) in [5.41, 5.74) is 8.47. The largest absolute Gasteiger partial charge is 0.507 e. The highest BCUT2D eigenvalue weighted by molar-refractivity contribution is 8.18. The number of nitrogens with two attached hydrogens (primary N) is 1. The van der Waals surface area contributed by atoms with E-state index >= 15 is 0 Å². The molecule has 248 valence electrons. The van der Waals surface area contributed by atoms with Crippen LogP contribution in [0.3, 0.4) is 0 Å². The molecule has 7 heteroatoms. The number of benzene rings is 2. The van der Waals surface area contributed by atoms with Crippen molar-refractivity contribution in [2.45, 2.75) is 152 Å². The topological polar surface area (TPSA) is 92.8 Å². The number of rotatable bonds is 10. The molecule has 0 aromatic heterocycles. The van der Waals surface area contributed by atoms with Gasteiger partial charge in [0.05, 0.1) is 10.7 Å². The lowest BCUT2D eigenvalue weighted by Crippen LogP contribution is -2.37. The second-order valence-corrected chi connectivity index (χ2v) is 20.3. The van der Waals surface area contributed by atoms with Crippen LogP contribution in [0.1, 0.15) is 133 Å². The molecule has 0 spiro atoms. The van der Waals surface area contributed by atoms with E-state index in [1.807, 2.05) is 13.8 Å². The Hall–Kier alpha value is -1.83. The molecule has 5 nitrogen and oxygen atoms in total. The molecule has 0 amide bonds. The number of esters is 1. The third-order valence-corrected chi connectivity index (χ3v) is 10.4. The van der Waals surface area contributed by atoms with E-state index in [4.69, 9.17) is 10.5 Å². The molecule has 4 N–H and O–H groups in total. The molecule has 2 rings (SSSR count). The third kappa shape index (κ3) is 9.83. The lowest BCUT2D eigenvalue weighted by molar-refractivity contribution is -0.146. The molecule has 1 atom stereocenters. The van der Waals surface area contributed by atoms with Gasteiger partial charge in [-0.05, 0) is 72.1 Å². The Morgan fingerprint density at radius 2 is 1.05 bits per heavy atom. The Labute approximate surface area is 276 Å². The van der Waals surface area contributed by atoms with Crippen LogP contribution in [0.15, 0.2) is 34.1 Å². The van der Waals surface area contributed by atoms with Crippen molar-refractivity contribution in [3.63, 3.8) is 0 Å². The Morgan fingerprint density at radius 1 is 0.705 bits per heavy atom. The molecule has 1 unspecified atom stereocenters. The average molecular weight is 646 g/mol. The molecule has 0 radical (unpaired) electrons. The predicted octanol–water partition coefficient (Wildman–Crippen LogP) is 9.80. The van der Waals surface area contributed by atoms with Crippen molar-refractivity contribution >= 4 is 29.5 Å². The maximum Gasteiger partial charge on any atom is 0.323 e. The highest BCUT2D eigenvalue weighted by atomic mass is 32.2. The van der Waals surface area contributed by atoms with Crippen LogP contribution in [0.25, 0.3) is 0 Å². The van der Waals surface area contributed by atoms with Gasteiger partial charge in [0.15, 0.2) is 0 Å². The molecule has 2 aromatic rings. The second-order valence-electron chi connectivity index (χ2n) is 16.7. The van der Waals surface area contributed by atoms with E-state index in [9.17, 15) is 15.0 Å². The number of carbonyl (C=O) groups is 1. The first-order valence-electron chi connectivity index (χ1n) is 15.7. The number of ether oxygens (including phenoxy) is 1. The Kier molecular flexibility index (Phi) is 11.8. The summed E-state index contributed by atoms with van der Waals surface area (Å²) in [6.07, 6.45) is 0.547. The number of hydrogen-bond acceptors (Lipinski definition) is 7. The van der Waals surface area contributed by atoms with E-state index in [1.54, 1.807) is 23.5 Å². The molecule has 0 saturated heterocycles. The number of thioether (sulfide) groups is 2. The Morgan fingerprint density at radius 3 is 1.39 bits per heavy atom. The van der Waals surface area contributed by atoms with Crippen LogP contribution in [0.5, 0.6) is 11.5 Å². The van der Waals surface area contributed by atoms with E-state index in [-0.39, 0.29) is 32.8 Å². The van der Waals surface area contributed by atoms with Gasteiger partial charge in [0.25, 0.3) is 0 Å². The fourth-order valence-corrected chi connectivity index (χ4v) is 7.65. The molecule has 0 aliphatic rings. The quantitative estimate of drug-likeness (QED) is 0.135. The van der Waals surface area contributed by atoms with E-state index in [0.717, 1.165) is 32.0 Å². The van der Waals surface area contributed by atoms with Gasteiger partial charge in [-0.25, -0.2) is 0 Å². The summed E-state index contributed by atoms with van der Waals surface area (Å²) in [5, 5.41) is 22.8. The van der Waals surface area contributed by atoms with Crippen LogP contribution < -0.4 is 5.73 Å². The van der Waals surface area contributed by atoms with Gasteiger partial charge in [-0.3, -0.25) is 4.79 Å². The zero-order valence-electron chi connectivity index (χ0n) is 30.0. The molecule has 0 heterocycles. The summed E-state index contributed by atoms with van der Waals surface area (Å²) in [6, 6.07) is 7.83. The highest BCUT2D eigenvalue weighted by Crippen LogP contribution is 2.51. The molecule has 44 heavy (non-hydrogen) atoms. The summed E-state index contributed by atoms with van der Waals surface area (Å²) in [6.45, 7) is 31.8. The van der Waals surface area contributed by atoms with Gasteiger partial charge in [-0.15, -0.1) is 23.5 Å². The summed E-state index contributed by atoms with van der Waals surface area (Å²) >= 11 is 3.55. The van der Waals surface area contributed by atoms with Crippen LogP contribution in [-0.2, 0) is 31.2 Å². The molecule has 0 bridgehead atoms. The van der Waals surface area contributed by atoms with E-state index in [1.165, 1.54) is 0 Å². The zero-order chi connectivity index (χ0) is 34.2. The first-order chi connectivity index (χ1) is 19.7. The van der Waals surface area contributed by atoms with Gasteiger partial charge >= 0.3 is 5.97 Å². The standard InChI is InChI=1S/C37H59NO4S2/c1-22(2)29(38)32(41)42-17-16-36(12,13)28-21-24(20-27(31(28)40)35(9,10)11)44-37(14,15)43-23-18-25(33(3,4)5)30(39)26(19-23)34(6,7)8/h18-22,29,39-40H,16-17,38H2,1-15H3. The van der Waals surface area contributed by atoms with Gasteiger partial charge in [0.1, 0.15) is 17.5 Å². The Bertz CT molecular complexity index is 1290. The first kappa shape index (κ1) is 38.4. The molecule has 0 saturated carbocycles. The van der Waals surface area contributed by atoms with Gasteiger partial charge in [-0.2, -0.15) is 0 Å². The van der Waals surface area contributed by atoms with Crippen molar-refractivity contribution in [2.75, 3.05) is 6.61 Å². The van der Waals surface area contributed by atoms with E-state index < -0.39 is 17.4 Å². The number of phenolic OH excluding ortho intramolecular Hbond substituents is 2. The SMILES string of the molecule is CC(C)C(N)C(=O)OCCC(C)(C)c1cc(SC(C)(C)Sc2cc(C(C)(C)C)c(O)c(C(C)(C)C)c2)cc(C(C)(C)C)c1O. The van der Waals surface area contributed by atoms with Crippen LogP contribution in [0.2, 0.25) is 0 Å². The lowest BCUT2D eigenvalue weighted by Gasteiger charge is -2.32. The minimum absolute atomic E-state index is 0.00510. The fraction of sp³-hybridized carbons (Fsp3) is 0.649. The van der Waals surface area contributed by atoms with Crippen molar-refractivity contribution in [3.05, 3.63) is 46.5 Å². The average Bonchev–Trinajstić information content (AvgIpc) is 2.82. The Balaban J connectivity index is 2.50. The molecular formula is C37H59NO4S2. The molecule has 0 fully saturated rings. The molecule has 0 aliphatic heterocycles. The number of hydrogen-bond donors (Lipinski definition) is 3. The molecular weight excluding hydrogens is 587 g/mol. The smallest absolute Gasteiger partial charge is 0.323 e. The molecule has 2 aromatic carbocycles. The van der Waals surface area contributed by atoms with Crippen LogP contribution >= 0.6 is 23.5 Å². The molecule has 0 aliphatic carbocycles. The highest BCUT2D eigenvalue weighted by Gasteiger charge is 2.33. The predicted molar refractivity (Wildman–Crippen MR) is 190 cm³/mol. The minimum atomic E-state index is -0.647. The first-order valence-corrected chi connectivity index (χ1v) is 17.4. The summed E-state index contributed by atoms with van der Waals surface area (Å²) < 4.78 is 5.27. The van der Waals surface area contributed by atoms with Crippen molar-refractivity contribution in [1.29, 1.82) is 0 Å². The van der Waals surface area contributed by atoms with Gasteiger partial charge in [0, 0.05) is 32.0 Å². The van der Waals surface area contributed by atoms with E-state index in [2.05, 4.69) is 114 Å². The number of aromatic hydroxyl groups is 2. The van der Waals surface area contributed by atoms with Crippen molar-refractivity contribution in [1.82, 2.24) is 0 Å². The number of carbonyl (C=O) groups excluding carboxylic acids is 1. The zero-order valence-corrected chi connectivity index (χ0v) is 31.6. The van der Waals surface area contributed by atoms with Crippen LogP contribution in [0, 0.1) is 5.92 Å². The van der Waals surface area contributed by atoms with Gasteiger partial charge in [-0.1, -0.05) is 90.0 Å². The summed E-state index contributed by atoms with van der Waals surface area (Å²) in [4.78, 5) is 14.6. The van der Waals surface area contributed by atoms with Crippen molar-refractivity contribution in [3.8, 4) is 11.5 Å². The normalized spacial score (nSPS) is 14.2. The van der Waals surface area contributed by atoms with Gasteiger partial charge in [0.2, 0.25) is 0 Å². The van der Waals surface area contributed by atoms with Crippen LogP contribution in [-0.4, -0.2) is 32.9 Å². The third-order valence-electron chi connectivity index (χ3n) is 8.01. The maximum atomic E-state index is 12.4. The monoisotopic (exact) mass is 645 g/mol. The maximum absolute atomic E-state index is 12.4. The lowest BCUT2D eigenvalue weighted by atomic mass is 9.77.